The van der Waals surface area contributed by atoms with Gasteiger partial charge >= 0.3 is 0 Å². The molecule has 9 heteroatoms. The Kier molecular flexibility index (Phi) is 7.42. The molecule has 0 atom stereocenters. The van der Waals surface area contributed by atoms with Gasteiger partial charge in [0.25, 0.3) is 11.8 Å². The van der Waals surface area contributed by atoms with Crippen molar-refractivity contribution in [2.24, 2.45) is 0 Å². The largest absolute Gasteiger partial charge is 0.494 e. The maximum atomic E-state index is 12.5. The van der Waals surface area contributed by atoms with Crippen molar-refractivity contribution in [2.45, 2.75) is 26.7 Å². The molecule has 1 aliphatic heterocycles. The van der Waals surface area contributed by atoms with E-state index in [4.69, 9.17) is 9.47 Å². The number of aryl methyl sites for hydroxylation is 1. The number of thiazole rings is 1. The van der Waals surface area contributed by atoms with Crippen LogP contribution in [0.25, 0.3) is 0 Å². The molecule has 29 heavy (non-hydrogen) atoms. The monoisotopic (exact) mass is 418 g/mol. The molecule has 0 spiro atoms. The second-order valence-corrected chi connectivity index (χ2v) is 7.62. The highest BCUT2D eigenvalue weighted by atomic mass is 32.1. The number of hydrazine groups is 1. The minimum Gasteiger partial charge on any atom is -0.494 e. The molecule has 8 nitrogen and oxygen atoms in total. The molecule has 1 aliphatic rings. The Morgan fingerprint density at radius 1 is 1.17 bits per heavy atom. The van der Waals surface area contributed by atoms with Gasteiger partial charge in [0.05, 0.1) is 25.5 Å². The second-order valence-electron chi connectivity index (χ2n) is 6.65. The number of hydrogen-bond acceptors (Lipinski definition) is 7. The highest BCUT2D eigenvalue weighted by Crippen LogP contribution is 2.26. The molecule has 0 radical (unpaired) electrons. The van der Waals surface area contributed by atoms with Gasteiger partial charge in [0.15, 0.2) is 5.13 Å². The van der Waals surface area contributed by atoms with E-state index >= 15 is 0 Å². The van der Waals surface area contributed by atoms with E-state index in [1.165, 1.54) is 11.3 Å². The molecule has 156 valence electrons. The third-order valence-electron chi connectivity index (χ3n) is 4.45. The molecule has 2 heterocycles. The molecule has 1 fully saturated rings. The fourth-order valence-corrected chi connectivity index (χ4v) is 3.78. The molecular formula is C20H26N4O4S. The van der Waals surface area contributed by atoms with Crippen LogP contribution < -0.4 is 20.5 Å². The van der Waals surface area contributed by atoms with E-state index in [0.29, 0.717) is 36.0 Å². The highest BCUT2D eigenvalue weighted by molar-refractivity contribution is 7.17. The lowest BCUT2D eigenvalue weighted by Crippen LogP contribution is -2.41. The van der Waals surface area contributed by atoms with Gasteiger partial charge in [-0.2, -0.15) is 0 Å². The number of anilines is 1. The zero-order chi connectivity index (χ0) is 20.6. The lowest BCUT2D eigenvalue weighted by atomic mass is 10.2. The lowest BCUT2D eigenvalue weighted by molar-refractivity contribution is 0.0848. The van der Waals surface area contributed by atoms with Crippen LogP contribution in [0, 0.1) is 6.92 Å². The molecule has 0 bridgehead atoms. The van der Waals surface area contributed by atoms with E-state index in [0.717, 1.165) is 36.8 Å². The predicted octanol–water partition coefficient (Wildman–Crippen LogP) is 2.54. The number of hydrogen-bond donors (Lipinski definition) is 2. The number of rotatable bonds is 7. The van der Waals surface area contributed by atoms with Crippen LogP contribution in [0.3, 0.4) is 0 Å². The third kappa shape index (κ3) is 5.68. The Hall–Kier alpha value is -2.65. The zero-order valence-electron chi connectivity index (χ0n) is 16.7. The predicted molar refractivity (Wildman–Crippen MR) is 112 cm³/mol. The molecule has 0 unspecified atom stereocenters. The minimum absolute atomic E-state index is 0.382. The van der Waals surface area contributed by atoms with Crippen LogP contribution in [0.5, 0.6) is 5.75 Å². The SMILES string of the molecule is CCCCOc1ccc(C(=O)NNC(=O)c2sc(N3CCOCC3)nc2C)cc1. The molecule has 0 saturated carbocycles. The summed E-state index contributed by atoms with van der Waals surface area (Å²) in [4.78, 5) is 31.8. The van der Waals surface area contributed by atoms with Gasteiger partial charge in [-0.15, -0.1) is 0 Å². The van der Waals surface area contributed by atoms with Crippen LogP contribution in [0.4, 0.5) is 5.13 Å². The number of carbonyl (C=O) groups is 2. The summed E-state index contributed by atoms with van der Waals surface area (Å²) in [6.45, 7) is 7.35. The first-order valence-electron chi connectivity index (χ1n) is 9.72. The van der Waals surface area contributed by atoms with Crippen molar-refractivity contribution < 1.29 is 19.1 Å². The van der Waals surface area contributed by atoms with E-state index in [9.17, 15) is 9.59 Å². The standard InChI is InChI=1S/C20H26N4O4S/c1-3-4-11-28-16-7-5-15(6-8-16)18(25)22-23-19(26)17-14(2)21-20(29-17)24-9-12-27-13-10-24/h5-8H,3-4,9-13H2,1-2H3,(H,22,25)(H,23,26). The van der Waals surface area contributed by atoms with Gasteiger partial charge in [0.2, 0.25) is 0 Å². The van der Waals surface area contributed by atoms with Gasteiger partial charge in [-0.25, -0.2) is 4.98 Å². The van der Waals surface area contributed by atoms with Crippen molar-refractivity contribution in [3.63, 3.8) is 0 Å². The van der Waals surface area contributed by atoms with E-state index in [2.05, 4.69) is 27.7 Å². The number of morpholine rings is 1. The van der Waals surface area contributed by atoms with Crippen molar-refractivity contribution in [1.82, 2.24) is 15.8 Å². The van der Waals surface area contributed by atoms with Gasteiger partial charge in [-0.1, -0.05) is 24.7 Å². The number of benzene rings is 1. The number of nitrogens with one attached hydrogen (secondary N) is 2. The normalized spacial score (nSPS) is 13.8. The van der Waals surface area contributed by atoms with Crippen molar-refractivity contribution in [3.8, 4) is 5.75 Å². The van der Waals surface area contributed by atoms with Gasteiger partial charge in [0, 0.05) is 18.7 Å². The number of unbranched alkanes of at least 4 members (excludes halogenated alkanes) is 1. The first-order chi connectivity index (χ1) is 14.1. The fraction of sp³-hybridized carbons (Fsp3) is 0.450. The number of ether oxygens (including phenoxy) is 2. The van der Waals surface area contributed by atoms with E-state index < -0.39 is 5.91 Å². The van der Waals surface area contributed by atoms with Crippen LogP contribution in [-0.2, 0) is 4.74 Å². The molecule has 2 N–H and O–H groups in total. The third-order valence-corrected chi connectivity index (χ3v) is 5.66. The summed E-state index contributed by atoms with van der Waals surface area (Å²) in [5.74, 6) is -0.0589. The summed E-state index contributed by atoms with van der Waals surface area (Å²) in [5.41, 5.74) is 5.99. The first kappa shape index (κ1) is 21.1. The molecule has 0 aliphatic carbocycles. The zero-order valence-corrected chi connectivity index (χ0v) is 17.5. The quantitative estimate of drug-likeness (QED) is 0.530. The summed E-state index contributed by atoms with van der Waals surface area (Å²) in [6, 6.07) is 6.82. The molecule has 1 saturated heterocycles. The summed E-state index contributed by atoms with van der Waals surface area (Å²) in [5, 5.41) is 0.793. The summed E-state index contributed by atoms with van der Waals surface area (Å²) in [6.07, 6.45) is 2.05. The Bertz CT molecular complexity index is 832. The summed E-state index contributed by atoms with van der Waals surface area (Å²) in [7, 11) is 0. The Balaban J connectivity index is 1.53. The minimum atomic E-state index is -0.394. The number of nitrogens with zero attached hydrogens (tertiary/aromatic N) is 2. The lowest BCUT2D eigenvalue weighted by Gasteiger charge is -2.25. The number of amides is 2. The Labute approximate surface area is 174 Å². The van der Waals surface area contributed by atoms with Crippen molar-refractivity contribution >= 4 is 28.3 Å². The van der Waals surface area contributed by atoms with Crippen molar-refractivity contribution in [1.29, 1.82) is 0 Å². The number of carbonyl (C=O) groups excluding carboxylic acids is 2. The average molecular weight is 419 g/mol. The highest BCUT2D eigenvalue weighted by Gasteiger charge is 2.21. The summed E-state index contributed by atoms with van der Waals surface area (Å²) >= 11 is 1.31. The Morgan fingerprint density at radius 2 is 1.86 bits per heavy atom. The summed E-state index contributed by atoms with van der Waals surface area (Å²) < 4.78 is 10.9. The van der Waals surface area contributed by atoms with Crippen LogP contribution >= 0.6 is 11.3 Å². The van der Waals surface area contributed by atoms with E-state index in [1.807, 2.05) is 0 Å². The van der Waals surface area contributed by atoms with Crippen LogP contribution in [-0.4, -0.2) is 49.7 Å². The van der Waals surface area contributed by atoms with Gasteiger partial charge in [-0.3, -0.25) is 20.4 Å². The van der Waals surface area contributed by atoms with E-state index in [1.54, 1.807) is 31.2 Å². The molecular weight excluding hydrogens is 392 g/mol. The number of aromatic nitrogens is 1. The second kappa shape index (κ2) is 10.2. The van der Waals surface area contributed by atoms with Crippen LogP contribution in [0.15, 0.2) is 24.3 Å². The maximum Gasteiger partial charge on any atom is 0.281 e. The Morgan fingerprint density at radius 3 is 2.55 bits per heavy atom. The van der Waals surface area contributed by atoms with Crippen molar-refractivity contribution in [3.05, 3.63) is 40.4 Å². The van der Waals surface area contributed by atoms with Crippen LogP contribution in [0.2, 0.25) is 0 Å². The molecule has 1 aromatic carbocycles. The van der Waals surface area contributed by atoms with Gasteiger partial charge < -0.3 is 14.4 Å². The molecule has 2 aromatic rings. The van der Waals surface area contributed by atoms with Crippen LogP contribution in [0.1, 0.15) is 45.5 Å². The first-order valence-corrected chi connectivity index (χ1v) is 10.5. The van der Waals surface area contributed by atoms with E-state index in [-0.39, 0.29) is 5.91 Å². The molecule has 3 rings (SSSR count). The van der Waals surface area contributed by atoms with Gasteiger partial charge in [0.1, 0.15) is 10.6 Å². The van der Waals surface area contributed by atoms with Crippen molar-refractivity contribution in [2.75, 3.05) is 37.8 Å². The average Bonchev–Trinajstić information content (AvgIpc) is 3.15. The van der Waals surface area contributed by atoms with Gasteiger partial charge in [-0.05, 0) is 37.6 Å². The fourth-order valence-electron chi connectivity index (χ4n) is 2.76. The molecule has 1 aromatic heterocycles. The maximum absolute atomic E-state index is 12.5. The smallest absolute Gasteiger partial charge is 0.281 e. The topological polar surface area (TPSA) is 92.8 Å². The molecule has 2 amide bonds.